The number of methoxy groups -OCH3 is 1. The highest BCUT2D eigenvalue weighted by Gasteiger charge is 2.14. The SMILES string of the molecule is CCC(CNC(=O)CC(CN)OC)c1ccccc1. The number of carbonyl (C=O) groups is 1. The summed E-state index contributed by atoms with van der Waals surface area (Å²) in [5, 5.41) is 2.96. The van der Waals surface area contributed by atoms with Gasteiger partial charge in [-0.25, -0.2) is 0 Å². The second-order valence-corrected chi connectivity index (χ2v) is 4.62. The average molecular weight is 264 g/mol. The third kappa shape index (κ3) is 5.41. The van der Waals surface area contributed by atoms with Crippen LogP contribution in [0.2, 0.25) is 0 Å². The van der Waals surface area contributed by atoms with E-state index in [4.69, 9.17) is 10.5 Å². The molecular formula is C15H24N2O2. The Morgan fingerprint density at radius 1 is 1.37 bits per heavy atom. The van der Waals surface area contributed by atoms with Gasteiger partial charge >= 0.3 is 0 Å². The zero-order chi connectivity index (χ0) is 14.1. The van der Waals surface area contributed by atoms with Gasteiger partial charge in [-0.1, -0.05) is 37.3 Å². The summed E-state index contributed by atoms with van der Waals surface area (Å²) >= 11 is 0. The smallest absolute Gasteiger partial charge is 0.222 e. The van der Waals surface area contributed by atoms with Crippen molar-refractivity contribution in [1.29, 1.82) is 0 Å². The quantitative estimate of drug-likeness (QED) is 0.750. The monoisotopic (exact) mass is 264 g/mol. The third-order valence-electron chi connectivity index (χ3n) is 3.32. The summed E-state index contributed by atoms with van der Waals surface area (Å²) in [7, 11) is 1.57. The van der Waals surface area contributed by atoms with Gasteiger partial charge in [0, 0.05) is 26.1 Å². The molecule has 0 radical (unpaired) electrons. The molecule has 0 aliphatic carbocycles. The van der Waals surface area contributed by atoms with Crippen LogP contribution in [-0.4, -0.2) is 32.2 Å². The molecule has 4 heteroatoms. The van der Waals surface area contributed by atoms with Crippen molar-refractivity contribution >= 4 is 5.91 Å². The van der Waals surface area contributed by atoms with E-state index in [9.17, 15) is 4.79 Å². The van der Waals surface area contributed by atoms with E-state index in [1.807, 2.05) is 18.2 Å². The van der Waals surface area contributed by atoms with E-state index in [-0.39, 0.29) is 12.0 Å². The van der Waals surface area contributed by atoms with Crippen LogP contribution >= 0.6 is 0 Å². The zero-order valence-electron chi connectivity index (χ0n) is 11.8. The van der Waals surface area contributed by atoms with E-state index < -0.39 is 0 Å². The third-order valence-corrected chi connectivity index (χ3v) is 3.32. The molecule has 0 aliphatic heterocycles. The lowest BCUT2D eigenvalue weighted by Gasteiger charge is -2.17. The normalized spacial score (nSPS) is 13.8. The summed E-state index contributed by atoms with van der Waals surface area (Å²) in [6.45, 7) is 3.14. The van der Waals surface area contributed by atoms with Gasteiger partial charge in [-0.3, -0.25) is 4.79 Å². The molecule has 2 unspecified atom stereocenters. The number of ether oxygens (including phenoxy) is 1. The van der Waals surface area contributed by atoms with Gasteiger partial charge < -0.3 is 15.8 Å². The van der Waals surface area contributed by atoms with Crippen LogP contribution in [0.4, 0.5) is 0 Å². The number of nitrogens with two attached hydrogens (primary N) is 1. The van der Waals surface area contributed by atoms with Gasteiger partial charge in [0.25, 0.3) is 0 Å². The van der Waals surface area contributed by atoms with E-state index in [0.29, 0.717) is 25.4 Å². The average Bonchev–Trinajstić information content (AvgIpc) is 2.46. The van der Waals surface area contributed by atoms with Crippen LogP contribution in [0, 0.1) is 0 Å². The van der Waals surface area contributed by atoms with Gasteiger partial charge in [0.1, 0.15) is 0 Å². The summed E-state index contributed by atoms with van der Waals surface area (Å²) < 4.78 is 5.10. The molecular weight excluding hydrogens is 240 g/mol. The molecule has 1 amide bonds. The van der Waals surface area contributed by atoms with Crippen LogP contribution in [0.15, 0.2) is 30.3 Å². The first-order valence-corrected chi connectivity index (χ1v) is 6.75. The van der Waals surface area contributed by atoms with Crippen molar-refractivity contribution in [2.75, 3.05) is 20.2 Å². The Morgan fingerprint density at radius 2 is 2.05 bits per heavy atom. The van der Waals surface area contributed by atoms with Gasteiger partial charge in [-0.05, 0) is 12.0 Å². The fourth-order valence-electron chi connectivity index (χ4n) is 2.00. The summed E-state index contributed by atoms with van der Waals surface area (Å²) in [5.41, 5.74) is 6.76. The molecule has 4 nitrogen and oxygen atoms in total. The summed E-state index contributed by atoms with van der Waals surface area (Å²) in [6, 6.07) is 10.2. The maximum atomic E-state index is 11.8. The molecule has 1 aromatic carbocycles. The Balaban J connectivity index is 2.43. The fourth-order valence-corrected chi connectivity index (χ4v) is 2.00. The minimum absolute atomic E-state index is 0.00770. The summed E-state index contributed by atoms with van der Waals surface area (Å²) in [5.74, 6) is 0.343. The standard InChI is InChI=1S/C15H24N2O2/c1-3-12(13-7-5-4-6-8-13)11-17-15(18)9-14(10-16)19-2/h4-8,12,14H,3,9-11,16H2,1-2H3,(H,17,18). The van der Waals surface area contributed by atoms with E-state index in [2.05, 4.69) is 24.4 Å². The van der Waals surface area contributed by atoms with Crippen LogP contribution in [0.1, 0.15) is 31.2 Å². The van der Waals surface area contributed by atoms with Crippen molar-refractivity contribution < 1.29 is 9.53 Å². The molecule has 1 rings (SSSR count). The van der Waals surface area contributed by atoms with E-state index in [0.717, 1.165) is 6.42 Å². The number of rotatable bonds is 8. The van der Waals surface area contributed by atoms with Gasteiger partial charge in [-0.15, -0.1) is 0 Å². The Labute approximate surface area is 115 Å². The highest BCUT2D eigenvalue weighted by Crippen LogP contribution is 2.17. The summed E-state index contributed by atoms with van der Waals surface area (Å²) in [6.07, 6.45) is 1.12. The Hall–Kier alpha value is -1.39. The number of benzene rings is 1. The second kappa shape index (κ2) is 8.67. The first kappa shape index (κ1) is 15.7. The highest BCUT2D eigenvalue weighted by molar-refractivity contribution is 5.76. The largest absolute Gasteiger partial charge is 0.380 e. The molecule has 1 aromatic rings. The highest BCUT2D eigenvalue weighted by atomic mass is 16.5. The first-order chi connectivity index (χ1) is 9.21. The first-order valence-electron chi connectivity index (χ1n) is 6.75. The van der Waals surface area contributed by atoms with E-state index >= 15 is 0 Å². The lowest BCUT2D eigenvalue weighted by atomic mass is 9.96. The van der Waals surface area contributed by atoms with Gasteiger partial charge in [0.15, 0.2) is 0 Å². The van der Waals surface area contributed by atoms with Crippen molar-refractivity contribution in [3.05, 3.63) is 35.9 Å². The molecule has 106 valence electrons. The van der Waals surface area contributed by atoms with Crippen LogP contribution in [0.25, 0.3) is 0 Å². The van der Waals surface area contributed by atoms with Gasteiger partial charge in [0.2, 0.25) is 5.91 Å². The molecule has 19 heavy (non-hydrogen) atoms. The topological polar surface area (TPSA) is 64.4 Å². The lowest BCUT2D eigenvalue weighted by Crippen LogP contribution is -2.34. The van der Waals surface area contributed by atoms with E-state index in [1.54, 1.807) is 7.11 Å². The number of hydrogen-bond donors (Lipinski definition) is 2. The maximum absolute atomic E-state index is 11.8. The molecule has 0 fully saturated rings. The zero-order valence-corrected chi connectivity index (χ0v) is 11.8. The molecule has 0 saturated heterocycles. The summed E-state index contributed by atoms with van der Waals surface area (Å²) in [4.78, 5) is 11.8. The Kier molecular flexibility index (Phi) is 7.15. The van der Waals surface area contributed by atoms with Crippen molar-refractivity contribution in [3.63, 3.8) is 0 Å². The minimum atomic E-state index is -0.197. The number of amides is 1. The van der Waals surface area contributed by atoms with Crippen LogP contribution in [0.3, 0.4) is 0 Å². The molecule has 3 N–H and O–H groups in total. The Morgan fingerprint density at radius 3 is 2.58 bits per heavy atom. The predicted octanol–water partition coefficient (Wildman–Crippen LogP) is 1.66. The number of hydrogen-bond acceptors (Lipinski definition) is 3. The molecule has 0 bridgehead atoms. The van der Waals surface area contributed by atoms with Gasteiger partial charge in [-0.2, -0.15) is 0 Å². The minimum Gasteiger partial charge on any atom is -0.380 e. The molecule has 0 saturated carbocycles. The number of carbonyl (C=O) groups excluding carboxylic acids is 1. The van der Waals surface area contributed by atoms with E-state index in [1.165, 1.54) is 5.56 Å². The molecule has 0 aliphatic rings. The van der Waals surface area contributed by atoms with Crippen LogP contribution in [0.5, 0.6) is 0 Å². The van der Waals surface area contributed by atoms with Crippen LogP contribution in [-0.2, 0) is 9.53 Å². The van der Waals surface area contributed by atoms with Crippen molar-refractivity contribution in [2.24, 2.45) is 5.73 Å². The van der Waals surface area contributed by atoms with Crippen molar-refractivity contribution in [1.82, 2.24) is 5.32 Å². The molecule has 0 heterocycles. The molecule has 2 atom stereocenters. The van der Waals surface area contributed by atoms with Crippen molar-refractivity contribution in [2.45, 2.75) is 31.8 Å². The Bertz CT molecular complexity index is 364. The molecule has 0 aromatic heterocycles. The maximum Gasteiger partial charge on any atom is 0.222 e. The fraction of sp³-hybridized carbons (Fsp3) is 0.533. The predicted molar refractivity (Wildman–Crippen MR) is 77.0 cm³/mol. The molecule has 0 spiro atoms. The number of nitrogens with one attached hydrogen (secondary N) is 1. The second-order valence-electron chi connectivity index (χ2n) is 4.62. The lowest BCUT2D eigenvalue weighted by molar-refractivity contribution is -0.123. The van der Waals surface area contributed by atoms with Crippen LogP contribution < -0.4 is 11.1 Å². The van der Waals surface area contributed by atoms with Gasteiger partial charge in [0.05, 0.1) is 12.5 Å². The van der Waals surface area contributed by atoms with Crippen molar-refractivity contribution in [3.8, 4) is 0 Å².